The number of allylic oxidation sites excluding steroid dienone is 1. The van der Waals surface area contributed by atoms with E-state index in [2.05, 4.69) is 18.5 Å². The van der Waals surface area contributed by atoms with E-state index < -0.39 is 0 Å². The molecule has 0 aromatic rings. The fourth-order valence-corrected chi connectivity index (χ4v) is 1.09. The van der Waals surface area contributed by atoms with Crippen LogP contribution in [0.1, 0.15) is 19.8 Å². The highest BCUT2D eigenvalue weighted by Crippen LogP contribution is 1.93. The van der Waals surface area contributed by atoms with Crippen molar-refractivity contribution < 1.29 is 0 Å². The van der Waals surface area contributed by atoms with Gasteiger partial charge in [0.2, 0.25) is 0 Å². The summed E-state index contributed by atoms with van der Waals surface area (Å²) in [5.74, 6) is 0. The van der Waals surface area contributed by atoms with E-state index in [-0.39, 0.29) is 6.04 Å². The predicted molar refractivity (Wildman–Crippen MR) is 50.6 cm³/mol. The average molecular weight is 156 g/mol. The third-order valence-corrected chi connectivity index (χ3v) is 1.55. The average Bonchev–Trinajstić information content (AvgIpc) is 1.86. The second-order valence-corrected chi connectivity index (χ2v) is 3.17. The van der Waals surface area contributed by atoms with Crippen LogP contribution in [0.3, 0.4) is 0 Å². The van der Waals surface area contributed by atoms with Crippen molar-refractivity contribution in [2.45, 2.75) is 25.8 Å². The lowest BCUT2D eigenvalue weighted by Crippen LogP contribution is -2.33. The smallest absolute Gasteiger partial charge is 0.0139 e. The maximum Gasteiger partial charge on any atom is 0.0139 e. The monoisotopic (exact) mass is 156 g/mol. The minimum Gasteiger partial charge on any atom is -0.327 e. The fourth-order valence-electron chi connectivity index (χ4n) is 1.09. The summed E-state index contributed by atoms with van der Waals surface area (Å²) in [6, 6.07) is 0.281. The molecule has 0 radical (unpaired) electrons. The van der Waals surface area contributed by atoms with Gasteiger partial charge in [-0.15, -0.1) is 6.58 Å². The molecule has 0 heterocycles. The Bertz CT molecular complexity index is 99.7. The van der Waals surface area contributed by atoms with Crippen molar-refractivity contribution in [1.82, 2.24) is 4.90 Å². The van der Waals surface area contributed by atoms with E-state index in [1.165, 1.54) is 6.42 Å². The molecule has 0 aliphatic heterocycles. The molecule has 2 heteroatoms. The number of hydrogen-bond donors (Lipinski definition) is 1. The molecule has 0 unspecified atom stereocenters. The van der Waals surface area contributed by atoms with Gasteiger partial charge in [-0.25, -0.2) is 0 Å². The van der Waals surface area contributed by atoms with Crippen molar-refractivity contribution in [2.24, 2.45) is 5.73 Å². The number of unbranched alkanes of at least 4 members (excludes halogenated alkanes) is 1. The molecule has 0 rings (SSSR count). The first kappa shape index (κ1) is 10.7. The third-order valence-electron chi connectivity index (χ3n) is 1.55. The van der Waals surface area contributed by atoms with Crippen molar-refractivity contribution in [3.05, 3.63) is 12.7 Å². The van der Waals surface area contributed by atoms with Gasteiger partial charge in [0, 0.05) is 12.6 Å². The Morgan fingerprint density at radius 1 is 1.64 bits per heavy atom. The zero-order valence-corrected chi connectivity index (χ0v) is 7.71. The summed E-state index contributed by atoms with van der Waals surface area (Å²) in [6.45, 7) is 7.81. The van der Waals surface area contributed by atoms with Gasteiger partial charge >= 0.3 is 0 Å². The molecular formula is C9H20N2. The van der Waals surface area contributed by atoms with Gasteiger partial charge in [0.25, 0.3) is 0 Å². The fraction of sp³-hybridized carbons (Fsp3) is 0.778. The number of likely N-dealkylation sites (N-methyl/N-ethyl adjacent to an activating group) is 1. The van der Waals surface area contributed by atoms with E-state index in [0.717, 1.165) is 19.5 Å². The summed E-state index contributed by atoms with van der Waals surface area (Å²) >= 11 is 0. The SMILES string of the molecule is C=CCCCN(C)C[C@H](C)N. The molecule has 0 bridgehead atoms. The Hall–Kier alpha value is -0.340. The molecule has 0 fully saturated rings. The number of rotatable bonds is 6. The van der Waals surface area contributed by atoms with Crippen LogP contribution in [0.2, 0.25) is 0 Å². The number of nitrogens with two attached hydrogens (primary N) is 1. The van der Waals surface area contributed by atoms with Crippen molar-refractivity contribution >= 4 is 0 Å². The number of nitrogens with zero attached hydrogens (tertiary/aromatic N) is 1. The van der Waals surface area contributed by atoms with Gasteiger partial charge in [-0.3, -0.25) is 0 Å². The molecule has 0 aliphatic carbocycles. The van der Waals surface area contributed by atoms with Gasteiger partial charge in [-0.1, -0.05) is 6.08 Å². The van der Waals surface area contributed by atoms with E-state index in [1.807, 2.05) is 13.0 Å². The predicted octanol–water partition coefficient (Wildman–Crippen LogP) is 1.23. The summed E-state index contributed by atoms with van der Waals surface area (Å²) in [6.07, 6.45) is 4.25. The van der Waals surface area contributed by atoms with Gasteiger partial charge in [0.1, 0.15) is 0 Å². The molecule has 2 N–H and O–H groups in total. The van der Waals surface area contributed by atoms with Crippen LogP contribution in [0.25, 0.3) is 0 Å². The summed E-state index contributed by atoms with van der Waals surface area (Å²) in [7, 11) is 2.10. The molecule has 0 spiro atoms. The van der Waals surface area contributed by atoms with Crippen LogP contribution in [0.5, 0.6) is 0 Å². The van der Waals surface area contributed by atoms with Gasteiger partial charge in [0.05, 0.1) is 0 Å². The van der Waals surface area contributed by atoms with E-state index in [4.69, 9.17) is 5.73 Å². The molecule has 0 saturated carbocycles. The summed E-state index contributed by atoms with van der Waals surface area (Å²) in [5, 5.41) is 0. The lowest BCUT2D eigenvalue weighted by Gasteiger charge is -2.17. The van der Waals surface area contributed by atoms with Crippen LogP contribution in [0, 0.1) is 0 Å². The van der Waals surface area contributed by atoms with Crippen LogP contribution in [-0.4, -0.2) is 31.1 Å². The first-order valence-electron chi connectivity index (χ1n) is 4.22. The molecule has 0 saturated heterocycles. The summed E-state index contributed by atoms with van der Waals surface area (Å²) < 4.78 is 0. The maximum atomic E-state index is 5.64. The molecular weight excluding hydrogens is 136 g/mol. The molecule has 0 aromatic heterocycles. The quantitative estimate of drug-likeness (QED) is 0.463. The first-order valence-corrected chi connectivity index (χ1v) is 4.22. The van der Waals surface area contributed by atoms with Gasteiger partial charge in [-0.2, -0.15) is 0 Å². The van der Waals surface area contributed by atoms with Crippen LogP contribution < -0.4 is 5.73 Å². The first-order chi connectivity index (χ1) is 5.16. The Morgan fingerprint density at radius 3 is 2.73 bits per heavy atom. The Labute approximate surface area is 70.1 Å². The van der Waals surface area contributed by atoms with Gasteiger partial charge < -0.3 is 10.6 Å². The van der Waals surface area contributed by atoms with Crippen molar-refractivity contribution in [3.63, 3.8) is 0 Å². The second kappa shape index (κ2) is 6.38. The van der Waals surface area contributed by atoms with Crippen LogP contribution >= 0.6 is 0 Å². The van der Waals surface area contributed by atoms with Gasteiger partial charge in [-0.05, 0) is 33.4 Å². The van der Waals surface area contributed by atoms with Crippen molar-refractivity contribution in [1.29, 1.82) is 0 Å². The molecule has 11 heavy (non-hydrogen) atoms. The Morgan fingerprint density at radius 2 is 2.27 bits per heavy atom. The molecule has 0 amide bonds. The molecule has 0 aromatic carbocycles. The van der Waals surface area contributed by atoms with E-state index in [9.17, 15) is 0 Å². The zero-order chi connectivity index (χ0) is 8.69. The van der Waals surface area contributed by atoms with Crippen molar-refractivity contribution in [2.75, 3.05) is 20.1 Å². The minimum atomic E-state index is 0.281. The maximum absolute atomic E-state index is 5.64. The van der Waals surface area contributed by atoms with Crippen molar-refractivity contribution in [3.8, 4) is 0 Å². The van der Waals surface area contributed by atoms with Crippen LogP contribution in [0.15, 0.2) is 12.7 Å². The molecule has 66 valence electrons. The van der Waals surface area contributed by atoms with Gasteiger partial charge in [0.15, 0.2) is 0 Å². The highest BCUT2D eigenvalue weighted by atomic mass is 15.1. The lowest BCUT2D eigenvalue weighted by atomic mass is 10.2. The van der Waals surface area contributed by atoms with Crippen LogP contribution in [0.4, 0.5) is 0 Å². The van der Waals surface area contributed by atoms with E-state index in [0.29, 0.717) is 0 Å². The molecule has 0 aliphatic rings. The van der Waals surface area contributed by atoms with Crippen LogP contribution in [-0.2, 0) is 0 Å². The normalized spacial score (nSPS) is 13.5. The topological polar surface area (TPSA) is 29.3 Å². The highest BCUT2D eigenvalue weighted by Gasteiger charge is 1.99. The Kier molecular flexibility index (Phi) is 6.18. The largest absolute Gasteiger partial charge is 0.327 e. The second-order valence-electron chi connectivity index (χ2n) is 3.17. The lowest BCUT2D eigenvalue weighted by molar-refractivity contribution is 0.314. The van der Waals surface area contributed by atoms with E-state index in [1.54, 1.807) is 0 Å². The molecule has 2 nitrogen and oxygen atoms in total. The molecule has 1 atom stereocenters. The zero-order valence-electron chi connectivity index (χ0n) is 7.71. The standard InChI is InChI=1S/C9H20N2/c1-4-5-6-7-11(3)8-9(2)10/h4,9H,1,5-8,10H2,2-3H3/t9-/m0/s1. The van der Waals surface area contributed by atoms with E-state index >= 15 is 0 Å². The summed E-state index contributed by atoms with van der Waals surface area (Å²) in [5.41, 5.74) is 5.64. The minimum absolute atomic E-state index is 0.281. The third kappa shape index (κ3) is 7.56. The summed E-state index contributed by atoms with van der Waals surface area (Å²) in [4.78, 5) is 2.26. The highest BCUT2D eigenvalue weighted by molar-refractivity contribution is 4.67. The number of hydrogen-bond acceptors (Lipinski definition) is 2. The Balaban J connectivity index is 3.21.